The van der Waals surface area contributed by atoms with Gasteiger partial charge in [-0.15, -0.1) is 0 Å². The Balaban J connectivity index is 1.74. The van der Waals surface area contributed by atoms with E-state index >= 15 is 0 Å². The van der Waals surface area contributed by atoms with E-state index in [2.05, 4.69) is 10.6 Å². The van der Waals surface area contributed by atoms with E-state index in [0.29, 0.717) is 23.5 Å². The second-order valence-corrected chi connectivity index (χ2v) is 6.49. The number of nitrogens with one attached hydrogen (secondary N) is 2. The summed E-state index contributed by atoms with van der Waals surface area (Å²) in [5.74, 6) is 0.205. The zero-order chi connectivity index (χ0) is 17.2. The van der Waals surface area contributed by atoms with Crippen LogP contribution in [0.1, 0.15) is 25.8 Å². The number of para-hydroxylation sites is 1. The number of hydrogen-bond donors (Lipinski definition) is 2. The number of amides is 2. The van der Waals surface area contributed by atoms with Crippen molar-refractivity contribution in [2.24, 2.45) is 0 Å². The number of carbonyl (C=O) groups excluding carboxylic acids is 2. The number of rotatable bonds is 4. The predicted octanol–water partition coefficient (Wildman–Crippen LogP) is 3.32. The predicted molar refractivity (Wildman–Crippen MR) is 93.3 cm³/mol. The summed E-state index contributed by atoms with van der Waals surface area (Å²) in [4.78, 5) is 23.9. The average molecular weight is 324 g/mol. The van der Waals surface area contributed by atoms with Gasteiger partial charge in [0.2, 0.25) is 5.91 Å². The van der Waals surface area contributed by atoms with Gasteiger partial charge in [-0.25, -0.2) is 0 Å². The third kappa shape index (κ3) is 3.40. The van der Waals surface area contributed by atoms with Crippen LogP contribution >= 0.6 is 0 Å². The van der Waals surface area contributed by atoms with Crippen LogP contribution in [0, 0.1) is 0 Å². The molecular formula is C19H20N2O3. The summed E-state index contributed by atoms with van der Waals surface area (Å²) in [7, 11) is 0. The van der Waals surface area contributed by atoms with Crippen molar-refractivity contribution >= 4 is 23.2 Å². The van der Waals surface area contributed by atoms with Gasteiger partial charge in [-0.3, -0.25) is 9.59 Å². The second kappa shape index (κ2) is 6.35. The smallest absolute Gasteiger partial charge is 0.262 e. The monoisotopic (exact) mass is 324 g/mol. The highest BCUT2D eigenvalue weighted by atomic mass is 16.5. The van der Waals surface area contributed by atoms with E-state index in [1.165, 1.54) is 0 Å². The maximum atomic E-state index is 12.5. The molecule has 2 aromatic carbocycles. The van der Waals surface area contributed by atoms with E-state index in [9.17, 15) is 9.59 Å². The van der Waals surface area contributed by atoms with E-state index in [1.807, 2.05) is 44.2 Å². The van der Waals surface area contributed by atoms with Gasteiger partial charge in [0.05, 0.1) is 11.4 Å². The Morgan fingerprint density at radius 1 is 1.17 bits per heavy atom. The largest absolute Gasteiger partial charge is 0.479 e. The fourth-order valence-electron chi connectivity index (χ4n) is 2.80. The Bertz CT molecular complexity index is 769. The number of anilines is 2. The molecule has 2 amide bonds. The molecule has 1 aliphatic heterocycles. The van der Waals surface area contributed by atoms with Crippen molar-refractivity contribution in [3.63, 3.8) is 0 Å². The highest BCUT2D eigenvalue weighted by Crippen LogP contribution is 2.36. The molecule has 5 nitrogen and oxygen atoms in total. The third-order valence-corrected chi connectivity index (χ3v) is 4.07. The van der Waals surface area contributed by atoms with Crippen LogP contribution in [0.25, 0.3) is 0 Å². The lowest BCUT2D eigenvalue weighted by molar-refractivity contribution is -0.118. The molecule has 0 aliphatic carbocycles. The van der Waals surface area contributed by atoms with Gasteiger partial charge in [-0.05, 0) is 23.1 Å². The molecule has 3 rings (SSSR count). The zero-order valence-electron chi connectivity index (χ0n) is 13.8. The standard InChI is InChI=1S/C19H20N2O3/c1-19(2,13-7-4-3-5-8-13)11-16(22)20-14-9-6-10-15-18(14)24-12-17(23)21-15/h3-10H,11-12H2,1-2H3,(H,20,22)(H,21,23). The van der Waals surface area contributed by atoms with Crippen molar-refractivity contribution in [1.82, 2.24) is 0 Å². The molecule has 2 aromatic rings. The molecule has 0 saturated carbocycles. The van der Waals surface area contributed by atoms with E-state index in [4.69, 9.17) is 4.74 Å². The number of ether oxygens (including phenoxy) is 1. The minimum atomic E-state index is -0.282. The van der Waals surface area contributed by atoms with Gasteiger partial charge in [0.15, 0.2) is 12.4 Å². The molecule has 0 spiro atoms. The summed E-state index contributed by atoms with van der Waals surface area (Å²) in [5.41, 5.74) is 1.97. The van der Waals surface area contributed by atoms with E-state index < -0.39 is 0 Å². The van der Waals surface area contributed by atoms with Crippen molar-refractivity contribution < 1.29 is 14.3 Å². The summed E-state index contributed by atoms with van der Waals surface area (Å²) >= 11 is 0. The first-order valence-electron chi connectivity index (χ1n) is 7.87. The molecule has 2 N–H and O–H groups in total. The molecule has 1 heterocycles. The van der Waals surface area contributed by atoms with Crippen molar-refractivity contribution in [1.29, 1.82) is 0 Å². The van der Waals surface area contributed by atoms with Crippen LogP contribution in [0.3, 0.4) is 0 Å². The minimum Gasteiger partial charge on any atom is -0.479 e. The molecule has 1 aliphatic rings. The molecule has 0 unspecified atom stereocenters. The Kier molecular flexibility index (Phi) is 4.25. The second-order valence-electron chi connectivity index (χ2n) is 6.49. The van der Waals surface area contributed by atoms with E-state index in [-0.39, 0.29) is 23.8 Å². The Labute approximate surface area is 141 Å². The Hall–Kier alpha value is -2.82. The van der Waals surface area contributed by atoms with Crippen LogP contribution in [-0.4, -0.2) is 18.4 Å². The highest BCUT2D eigenvalue weighted by Gasteiger charge is 2.25. The molecular weight excluding hydrogens is 304 g/mol. The van der Waals surface area contributed by atoms with Crippen LogP contribution < -0.4 is 15.4 Å². The molecule has 24 heavy (non-hydrogen) atoms. The van der Waals surface area contributed by atoms with Gasteiger partial charge in [0, 0.05) is 6.42 Å². The van der Waals surface area contributed by atoms with Crippen LogP contribution in [0.5, 0.6) is 5.75 Å². The fourth-order valence-corrected chi connectivity index (χ4v) is 2.80. The van der Waals surface area contributed by atoms with Crippen molar-refractivity contribution in [2.75, 3.05) is 17.2 Å². The number of carbonyl (C=O) groups is 2. The Morgan fingerprint density at radius 3 is 2.67 bits per heavy atom. The van der Waals surface area contributed by atoms with E-state index in [1.54, 1.807) is 18.2 Å². The quantitative estimate of drug-likeness (QED) is 0.906. The lowest BCUT2D eigenvalue weighted by Gasteiger charge is -2.25. The van der Waals surface area contributed by atoms with Crippen LogP contribution in [0.4, 0.5) is 11.4 Å². The van der Waals surface area contributed by atoms with Gasteiger partial charge >= 0.3 is 0 Å². The van der Waals surface area contributed by atoms with Crippen LogP contribution in [0.15, 0.2) is 48.5 Å². The van der Waals surface area contributed by atoms with Gasteiger partial charge in [0.25, 0.3) is 5.91 Å². The summed E-state index contributed by atoms with van der Waals surface area (Å²) < 4.78 is 5.46. The van der Waals surface area contributed by atoms with Crippen molar-refractivity contribution in [2.45, 2.75) is 25.7 Å². The van der Waals surface area contributed by atoms with Gasteiger partial charge < -0.3 is 15.4 Å². The lowest BCUT2D eigenvalue weighted by atomic mass is 9.81. The van der Waals surface area contributed by atoms with E-state index in [0.717, 1.165) is 5.56 Å². The summed E-state index contributed by atoms with van der Waals surface area (Å²) in [6.45, 7) is 4.04. The average Bonchev–Trinajstić information content (AvgIpc) is 2.55. The fraction of sp³-hybridized carbons (Fsp3) is 0.263. The van der Waals surface area contributed by atoms with Crippen molar-refractivity contribution in [3.05, 3.63) is 54.1 Å². The summed E-state index contributed by atoms with van der Waals surface area (Å²) in [5, 5.41) is 5.63. The van der Waals surface area contributed by atoms with Gasteiger partial charge in [0.1, 0.15) is 0 Å². The molecule has 0 atom stereocenters. The molecule has 0 aromatic heterocycles. The summed E-state index contributed by atoms with van der Waals surface area (Å²) in [6.07, 6.45) is 0.340. The zero-order valence-corrected chi connectivity index (χ0v) is 13.8. The first kappa shape index (κ1) is 16.1. The van der Waals surface area contributed by atoms with Crippen molar-refractivity contribution in [3.8, 4) is 5.75 Å². The first-order valence-corrected chi connectivity index (χ1v) is 7.87. The Morgan fingerprint density at radius 2 is 1.92 bits per heavy atom. The van der Waals surface area contributed by atoms with Crippen LogP contribution in [0.2, 0.25) is 0 Å². The maximum absolute atomic E-state index is 12.5. The molecule has 0 radical (unpaired) electrons. The third-order valence-electron chi connectivity index (χ3n) is 4.07. The SMILES string of the molecule is CC(C)(CC(=O)Nc1cccc2c1OCC(=O)N2)c1ccccc1. The van der Waals surface area contributed by atoms with Crippen LogP contribution in [-0.2, 0) is 15.0 Å². The highest BCUT2D eigenvalue weighted by molar-refractivity contribution is 6.00. The lowest BCUT2D eigenvalue weighted by Crippen LogP contribution is -2.28. The topological polar surface area (TPSA) is 67.4 Å². The molecule has 0 bridgehead atoms. The van der Waals surface area contributed by atoms with Gasteiger partial charge in [-0.1, -0.05) is 50.2 Å². The number of hydrogen-bond acceptors (Lipinski definition) is 3. The van der Waals surface area contributed by atoms with Gasteiger partial charge in [-0.2, -0.15) is 0 Å². The maximum Gasteiger partial charge on any atom is 0.262 e. The normalized spacial score (nSPS) is 13.5. The first-order chi connectivity index (χ1) is 11.5. The molecule has 124 valence electrons. The molecule has 0 fully saturated rings. The molecule has 5 heteroatoms. The molecule has 0 saturated heterocycles. The summed E-state index contributed by atoms with van der Waals surface area (Å²) in [6, 6.07) is 15.2. The number of benzene rings is 2. The minimum absolute atomic E-state index is 0.0462. The number of fused-ring (bicyclic) bond motifs is 1.